The van der Waals surface area contributed by atoms with Gasteiger partial charge in [-0.25, -0.2) is 0 Å². The van der Waals surface area contributed by atoms with Gasteiger partial charge in [-0.2, -0.15) is 0 Å². The summed E-state index contributed by atoms with van der Waals surface area (Å²) in [6, 6.07) is 18.1. The van der Waals surface area contributed by atoms with Crippen molar-refractivity contribution in [3.63, 3.8) is 0 Å². The Morgan fingerprint density at radius 3 is 2.55 bits per heavy atom. The zero-order valence-electron chi connectivity index (χ0n) is 12.7. The van der Waals surface area contributed by atoms with Crippen LogP contribution in [0.2, 0.25) is 0 Å². The summed E-state index contributed by atoms with van der Waals surface area (Å²) in [4.78, 5) is 11.9. The Morgan fingerprint density at radius 1 is 1.09 bits per heavy atom. The molecule has 0 unspecified atom stereocenters. The van der Waals surface area contributed by atoms with Gasteiger partial charge in [0.05, 0.1) is 19.1 Å². The van der Waals surface area contributed by atoms with Crippen LogP contribution >= 0.6 is 0 Å². The molecule has 0 aliphatic heterocycles. The van der Waals surface area contributed by atoms with Gasteiger partial charge in [-0.05, 0) is 36.1 Å². The van der Waals surface area contributed by atoms with Gasteiger partial charge in [0.15, 0.2) is 0 Å². The lowest BCUT2D eigenvalue weighted by Gasteiger charge is -2.14. The van der Waals surface area contributed by atoms with Gasteiger partial charge < -0.3 is 9.47 Å². The summed E-state index contributed by atoms with van der Waals surface area (Å²) in [5.41, 5.74) is 1.82. The predicted octanol–water partition coefficient (Wildman–Crippen LogP) is 3.51. The van der Waals surface area contributed by atoms with Crippen LogP contribution in [0.4, 0.5) is 0 Å². The minimum Gasteiger partial charge on any atom is -0.493 e. The normalized spacial score (nSPS) is 15.1. The molecule has 2 aromatic carbocycles. The molecule has 0 spiro atoms. The molecule has 0 aromatic heterocycles. The first-order chi connectivity index (χ1) is 10.7. The van der Waals surface area contributed by atoms with Gasteiger partial charge in [0.1, 0.15) is 5.75 Å². The van der Waals surface area contributed by atoms with Gasteiger partial charge in [-0.15, -0.1) is 0 Å². The Bertz CT molecular complexity index is 645. The van der Waals surface area contributed by atoms with Gasteiger partial charge in [0.2, 0.25) is 0 Å². The molecule has 0 radical (unpaired) electrons. The fraction of sp³-hybridized carbons (Fsp3) is 0.316. The third-order valence-electron chi connectivity index (χ3n) is 4.22. The van der Waals surface area contributed by atoms with E-state index in [1.54, 1.807) is 0 Å². The lowest BCUT2D eigenvalue weighted by molar-refractivity contribution is -0.143. The van der Waals surface area contributed by atoms with Crippen LogP contribution in [0.5, 0.6) is 5.75 Å². The summed E-state index contributed by atoms with van der Waals surface area (Å²) in [5.74, 6) is 0.664. The van der Waals surface area contributed by atoms with Crippen molar-refractivity contribution in [2.45, 2.75) is 24.7 Å². The van der Waals surface area contributed by atoms with Crippen molar-refractivity contribution in [3.05, 3.63) is 65.7 Å². The SMILES string of the molecule is COC(=O)C1(c2cccc(OCCc3ccccc3)c2)CC1. The number of carbonyl (C=O) groups is 1. The molecule has 3 nitrogen and oxygen atoms in total. The van der Waals surface area contributed by atoms with Crippen LogP contribution in [0.15, 0.2) is 54.6 Å². The lowest BCUT2D eigenvalue weighted by atomic mass is 9.96. The number of benzene rings is 2. The number of esters is 1. The van der Waals surface area contributed by atoms with Crippen molar-refractivity contribution >= 4 is 5.97 Å². The molecule has 0 amide bonds. The van der Waals surface area contributed by atoms with E-state index >= 15 is 0 Å². The average molecular weight is 296 g/mol. The highest BCUT2D eigenvalue weighted by molar-refractivity contribution is 5.86. The molecule has 1 aliphatic rings. The third kappa shape index (κ3) is 2.98. The highest BCUT2D eigenvalue weighted by atomic mass is 16.5. The zero-order chi connectivity index (χ0) is 15.4. The Labute approximate surface area is 130 Å². The van der Waals surface area contributed by atoms with Crippen molar-refractivity contribution in [1.82, 2.24) is 0 Å². The molecule has 0 heterocycles. The van der Waals surface area contributed by atoms with Crippen LogP contribution in [0, 0.1) is 0 Å². The molecule has 0 N–H and O–H groups in total. The molecule has 22 heavy (non-hydrogen) atoms. The van der Waals surface area contributed by atoms with Gasteiger partial charge in [0, 0.05) is 6.42 Å². The Kier molecular flexibility index (Phi) is 4.14. The van der Waals surface area contributed by atoms with E-state index in [0.717, 1.165) is 30.6 Å². The topological polar surface area (TPSA) is 35.5 Å². The Balaban J connectivity index is 1.64. The van der Waals surface area contributed by atoms with E-state index < -0.39 is 5.41 Å². The molecule has 3 heteroatoms. The van der Waals surface area contributed by atoms with Crippen LogP contribution in [-0.4, -0.2) is 19.7 Å². The Morgan fingerprint density at radius 2 is 1.86 bits per heavy atom. The van der Waals surface area contributed by atoms with Crippen LogP contribution < -0.4 is 4.74 Å². The highest BCUT2D eigenvalue weighted by Gasteiger charge is 2.52. The van der Waals surface area contributed by atoms with Crippen molar-refractivity contribution in [2.75, 3.05) is 13.7 Å². The summed E-state index contributed by atoms with van der Waals surface area (Å²) in [6.07, 6.45) is 2.58. The highest BCUT2D eigenvalue weighted by Crippen LogP contribution is 2.49. The smallest absolute Gasteiger partial charge is 0.316 e. The quantitative estimate of drug-likeness (QED) is 0.765. The van der Waals surface area contributed by atoms with Gasteiger partial charge in [-0.1, -0.05) is 42.5 Å². The lowest BCUT2D eigenvalue weighted by Crippen LogP contribution is -2.21. The molecular weight excluding hydrogens is 276 g/mol. The van der Waals surface area contributed by atoms with Crippen LogP contribution in [-0.2, 0) is 21.4 Å². The fourth-order valence-corrected chi connectivity index (χ4v) is 2.75. The average Bonchev–Trinajstić information content (AvgIpc) is 3.37. The molecule has 1 fully saturated rings. The van der Waals surface area contributed by atoms with Crippen molar-refractivity contribution < 1.29 is 14.3 Å². The number of ether oxygens (including phenoxy) is 2. The number of rotatable bonds is 6. The summed E-state index contributed by atoms with van der Waals surface area (Å²) < 4.78 is 10.8. The number of hydrogen-bond acceptors (Lipinski definition) is 3. The number of carbonyl (C=O) groups excluding carboxylic acids is 1. The van der Waals surface area contributed by atoms with Crippen molar-refractivity contribution in [2.24, 2.45) is 0 Å². The summed E-state index contributed by atoms with van der Waals surface area (Å²) in [7, 11) is 1.45. The van der Waals surface area contributed by atoms with E-state index in [4.69, 9.17) is 9.47 Å². The van der Waals surface area contributed by atoms with Crippen molar-refractivity contribution in [3.8, 4) is 5.75 Å². The third-order valence-corrected chi connectivity index (χ3v) is 4.22. The maximum Gasteiger partial charge on any atom is 0.316 e. The minimum absolute atomic E-state index is 0.145. The van der Waals surface area contributed by atoms with E-state index in [1.807, 2.05) is 42.5 Å². The number of methoxy groups -OCH3 is 1. The maximum absolute atomic E-state index is 11.9. The second-order valence-corrected chi connectivity index (χ2v) is 5.69. The summed E-state index contributed by atoms with van der Waals surface area (Å²) >= 11 is 0. The van der Waals surface area contributed by atoms with E-state index in [1.165, 1.54) is 12.7 Å². The molecule has 114 valence electrons. The number of hydrogen-bond donors (Lipinski definition) is 0. The van der Waals surface area contributed by atoms with Crippen LogP contribution in [0.3, 0.4) is 0 Å². The summed E-state index contributed by atoms with van der Waals surface area (Å²) in [5, 5.41) is 0. The molecular formula is C19H20O3. The first-order valence-electron chi connectivity index (χ1n) is 7.60. The molecule has 0 saturated heterocycles. The van der Waals surface area contributed by atoms with E-state index in [9.17, 15) is 4.79 Å². The maximum atomic E-state index is 11.9. The van der Waals surface area contributed by atoms with Crippen molar-refractivity contribution in [1.29, 1.82) is 0 Å². The first-order valence-corrected chi connectivity index (χ1v) is 7.60. The second kappa shape index (κ2) is 6.22. The van der Waals surface area contributed by atoms with Gasteiger partial charge in [0.25, 0.3) is 0 Å². The summed E-state index contributed by atoms with van der Waals surface area (Å²) in [6.45, 7) is 0.624. The standard InChI is InChI=1S/C19H20O3/c1-21-18(20)19(11-12-19)16-8-5-9-17(14-16)22-13-10-15-6-3-2-4-7-15/h2-9,14H,10-13H2,1H3. The van der Waals surface area contributed by atoms with Gasteiger partial charge in [-0.3, -0.25) is 4.79 Å². The predicted molar refractivity (Wildman–Crippen MR) is 85.0 cm³/mol. The Hall–Kier alpha value is -2.29. The molecule has 1 saturated carbocycles. The molecule has 0 bridgehead atoms. The minimum atomic E-state index is -0.437. The molecule has 1 aliphatic carbocycles. The monoisotopic (exact) mass is 296 g/mol. The molecule has 3 rings (SSSR count). The second-order valence-electron chi connectivity index (χ2n) is 5.69. The van der Waals surface area contributed by atoms with E-state index in [2.05, 4.69) is 12.1 Å². The van der Waals surface area contributed by atoms with Crippen LogP contribution in [0.25, 0.3) is 0 Å². The van der Waals surface area contributed by atoms with E-state index in [-0.39, 0.29) is 5.97 Å². The van der Waals surface area contributed by atoms with E-state index in [0.29, 0.717) is 6.61 Å². The van der Waals surface area contributed by atoms with Gasteiger partial charge >= 0.3 is 5.97 Å². The fourth-order valence-electron chi connectivity index (χ4n) is 2.75. The first kappa shape index (κ1) is 14.6. The molecule has 0 atom stereocenters. The van der Waals surface area contributed by atoms with Crippen LogP contribution in [0.1, 0.15) is 24.0 Å². The molecule has 2 aromatic rings. The zero-order valence-corrected chi connectivity index (χ0v) is 12.7. The largest absolute Gasteiger partial charge is 0.493 e.